The van der Waals surface area contributed by atoms with Crippen molar-refractivity contribution in [1.29, 1.82) is 0 Å². The number of nitrogens with zero attached hydrogens (tertiary/aromatic N) is 1. The lowest BCUT2D eigenvalue weighted by molar-refractivity contribution is -0.154. The van der Waals surface area contributed by atoms with Crippen LogP contribution in [0.3, 0.4) is 0 Å². The maximum atomic E-state index is 12.2. The molecule has 1 amide bonds. The fourth-order valence-corrected chi connectivity index (χ4v) is 2.49. The van der Waals surface area contributed by atoms with Crippen LogP contribution >= 0.6 is 0 Å². The van der Waals surface area contributed by atoms with Crippen LogP contribution in [0, 0.1) is 13.8 Å². The first kappa shape index (κ1) is 18.9. The number of hydrogen-bond donors (Lipinski definition) is 1. The maximum absolute atomic E-state index is 12.2. The number of allylic oxidation sites excluding steroid dienone is 1. The average Bonchev–Trinajstić information content (AvgIpc) is 2.47. The van der Waals surface area contributed by atoms with E-state index in [1.165, 1.54) is 4.90 Å². The second kappa shape index (κ2) is 8.48. The number of carboxylic acids is 1. The van der Waals surface area contributed by atoms with Crippen molar-refractivity contribution in [1.82, 2.24) is 4.90 Å². The number of carbonyl (C=O) groups excluding carboxylic acids is 1. The topological polar surface area (TPSA) is 66.8 Å². The molecule has 0 fully saturated rings. The van der Waals surface area contributed by atoms with Gasteiger partial charge in [0.25, 0.3) is 0 Å². The van der Waals surface area contributed by atoms with Gasteiger partial charge in [-0.05, 0) is 40.2 Å². The predicted molar refractivity (Wildman–Crippen MR) is 90.0 cm³/mol. The summed E-state index contributed by atoms with van der Waals surface area (Å²) in [6, 6.07) is 5.90. The summed E-state index contributed by atoms with van der Waals surface area (Å²) < 4.78 is 5.30. The minimum Gasteiger partial charge on any atom is -0.474 e. The molecule has 0 aliphatic rings. The minimum absolute atomic E-state index is 0.201. The van der Waals surface area contributed by atoms with Crippen LogP contribution in [-0.2, 0) is 14.3 Å². The third-order valence-electron chi connectivity index (χ3n) is 3.47. The summed E-state index contributed by atoms with van der Waals surface area (Å²) in [6.07, 6.45) is 0. The van der Waals surface area contributed by atoms with Crippen LogP contribution in [0.15, 0.2) is 23.8 Å². The number of carbonyl (C=O) groups is 2. The minimum atomic E-state index is -1.47. The first-order valence-electron chi connectivity index (χ1n) is 7.67. The third kappa shape index (κ3) is 4.93. The van der Waals surface area contributed by atoms with Crippen molar-refractivity contribution in [2.45, 2.75) is 34.6 Å². The quantitative estimate of drug-likeness (QED) is 0.646. The monoisotopic (exact) mass is 319 g/mol. The highest BCUT2D eigenvalue weighted by atomic mass is 16.5. The molecule has 0 saturated carbocycles. The van der Waals surface area contributed by atoms with E-state index < -0.39 is 11.9 Å². The first-order chi connectivity index (χ1) is 10.8. The molecule has 0 radical (unpaired) electrons. The van der Waals surface area contributed by atoms with Crippen molar-refractivity contribution in [3.05, 3.63) is 40.5 Å². The number of aryl methyl sites for hydroxylation is 2. The van der Waals surface area contributed by atoms with E-state index in [0.717, 1.165) is 22.3 Å². The summed E-state index contributed by atoms with van der Waals surface area (Å²) in [5.74, 6) is -2.41. The van der Waals surface area contributed by atoms with Crippen molar-refractivity contribution >= 4 is 17.6 Å². The van der Waals surface area contributed by atoms with Crippen molar-refractivity contribution in [3.63, 3.8) is 0 Å². The molecule has 0 aromatic heterocycles. The molecule has 1 aromatic rings. The largest absolute Gasteiger partial charge is 0.474 e. The highest BCUT2D eigenvalue weighted by molar-refractivity contribution is 6.33. The van der Waals surface area contributed by atoms with E-state index in [4.69, 9.17) is 9.84 Å². The summed E-state index contributed by atoms with van der Waals surface area (Å²) in [5.41, 5.74) is 4.49. The van der Waals surface area contributed by atoms with Gasteiger partial charge in [0.2, 0.25) is 0 Å². The van der Waals surface area contributed by atoms with Gasteiger partial charge in [0.05, 0.1) is 12.3 Å². The van der Waals surface area contributed by atoms with Crippen LogP contribution in [0.2, 0.25) is 0 Å². The van der Waals surface area contributed by atoms with E-state index in [2.05, 4.69) is 0 Å². The highest BCUT2D eigenvalue weighted by Crippen LogP contribution is 2.27. The first-order valence-corrected chi connectivity index (χ1v) is 7.67. The summed E-state index contributed by atoms with van der Waals surface area (Å²) in [7, 11) is 0. The van der Waals surface area contributed by atoms with Crippen LogP contribution in [0.5, 0.6) is 0 Å². The third-order valence-corrected chi connectivity index (χ3v) is 3.47. The van der Waals surface area contributed by atoms with Crippen molar-refractivity contribution in [3.8, 4) is 0 Å². The van der Waals surface area contributed by atoms with Gasteiger partial charge in [-0.15, -0.1) is 0 Å². The molecule has 1 N–H and O–H groups in total. The van der Waals surface area contributed by atoms with Gasteiger partial charge >= 0.3 is 11.9 Å². The summed E-state index contributed by atoms with van der Waals surface area (Å²) in [4.78, 5) is 24.7. The van der Waals surface area contributed by atoms with Gasteiger partial charge in [-0.1, -0.05) is 29.3 Å². The maximum Gasteiger partial charge on any atom is 0.394 e. The molecule has 1 rings (SSSR count). The Morgan fingerprint density at radius 3 is 2.35 bits per heavy atom. The number of carboxylic acid groups (broad SMARTS) is 1. The molecule has 0 unspecified atom stereocenters. The SMILES string of the molecule is CCOCCN(C(=O)C(=O)O)C(=C(C)C)c1ccc(C)cc1C. The van der Waals surface area contributed by atoms with Crippen LogP contribution in [0.4, 0.5) is 0 Å². The Morgan fingerprint density at radius 1 is 1.22 bits per heavy atom. The van der Waals surface area contributed by atoms with Crippen molar-refractivity contribution < 1.29 is 19.4 Å². The summed E-state index contributed by atoms with van der Waals surface area (Å²) >= 11 is 0. The smallest absolute Gasteiger partial charge is 0.394 e. The van der Waals surface area contributed by atoms with E-state index in [9.17, 15) is 9.59 Å². The van der Waals surface area contributed by atoms with Crippen molar-refractivity contribution in [2.24, 2.45) is 0 Å². The lowest BCUT2D eigenvalue weighted by Crippen LogP contribution is -2.38. The molecule has 0 atom stereocenters. The molecule has 0 spiro atoms. The lowest BCUT2D eigenvalue weighted by Gasteiger charge is -2.27. The molecule has 126 valence electrons. The zero-order valence-electron chi connectivity index (χ0n) is 14.5. The molecule has 0 saturated heterocycles. The zero-order valence-corrected chi connectivity index (χ0v) is 14.5. The second-order valence-corrected chi connectivity index (χ2v) is 5.63. The van der Waals surface area contributed by atoms with Crippen LogP contribution in [-0.4, -0.2) is 41.6 Å². The molecule has 0 aliphatic heterocycles. The second-order valence-electron chi connectivity index (χ2n) is 5.63. The molecule has 0 aliphatic carbocycles. The van der Waals surface area contributed by atoms with Crippen molar-refractivity contribution in [2.75, 3.05) is 19.8 Å². The van der Waals surface area contributed by atoms with E-state index in [0.29, 0.717) is 12.3 Å². The van der Waals surface area contributed by atoms with E-state index in [-0.39, 0.29) is 13.2 Å². The predicted octanol–water partition coefficient (Wildman–Crippen LogP) is 3.00. The molecule has 5 heteroatoms. The molecule has 0 heterocycles. The number of amides is 1. The summed E-state index contributed by atoms with van der Waals surface area (Å²) in [6.45, 7) is 10.6. The van der Waals surface area contributed by atoms with Crippen LogP contribution < -0.4 is 0 Å². The Kier molecular flexibility index (Phi) is 6.97. The number of rotatable bonds is 6. The Labute approximate surface area is 137 Å². The van der Waals surface area contributed by atoms with Crippen LogP contribution in [0.1, 0.15) is 37.5 Å². The molecule has 5 nitrogen and oxygen atoms in total. The molecule has 23 heavy (non-hydrogen) atoms. The number of benzene rings is 1. The van der Waals surface area contributed by atoms with Gasteiger partial charge in [-0.25, -0.2) is 4.79 Å². The van der Waals surface area contributed by atoms with E-state index in [1.54, 1.807) is 0 Å². The highest BCUT2D eigenvalue weighted by Gasteiger charge is 2.26. The average molecular weight is 319 g/mol. The molecular formula is C18H25NO4. The Hall–Kier alpha value is -2.14. The number of ether oxygens (including phenoxy) is 1. The Bertz CT molecular complexity index is 615. The number of aliphatic carboxylic acids is 1. The zero-order chi connectivity index (χ0) is 17.6. The van der Waals surface area contributed by atoms with Gasteiger partial charge in [0, 0.05) is 18.7 Å². The molecular weight excluding hydrogens is 294 g/mol. The van der Waals surface area contributed by atoms with Gasteiger partial charge < -0.3 is 9.84 Å². The Morgan fingerprint density at radius 2 is 1.87 bits per heavy atom. The van der Waals surface area contributed by atoms with E-state index in [1.807, 2.05) is 52.8 Å². The fourth-order valence-electron chi connectivity index (χ4n) is 2.49. The van der Waals surface area contributed by atoms with E-state index >= 15 is 0 Å². The lowest BCUT2D eigenvalue weighted by atomic mass is 9.99. The number of hydrogen-bond acceptors (Lipinski definition) is 3. The van der Waals surface area contributed by atoms with Gasteiger partial charge in [-0.3, -0.25) is 9.69 Å². The molecule has 1 aromatic carbocycles. The fraction of sp³-hybridized carbons (Fsp3) is 0.444. The Balaban J connectivity index is 3.33. The standard InChI is InChI=1S/C18H25NO4/c1-6-23-10-9-19(17(20)18(21)22)16(12(2)3)15-8-7-13(4)11-14(15)5/h7-8,11H,6,9-10H2,1-5H3,(H,21,22). The van der Waals surface area contributed by atoms with Gasteiger partial charge in [0.1, 0.15) is 0 Å². The summed E-state index contributed by atoms with van der Waals surface area (Å²) in [5, 5.41) is 9.15. The van der Waals surface area contributed by atoms with Gasteiger partial charge in [-0.2, -0.15) is 0 Å². The van der Waals surface area contributed by atoms with Crippen LogP contribution in [0.25, 0.3) is 5.70 Å². The van der Waals surface area contributed by atoms with Gasteiger partial charge in [0.15, 0.2) is 0 Å². The molecule has 0 bridgehead atoms. The normalized spacial score (nSPS) is 10.3.